The highest BCUT2D eigenvalue weighted by molar-refractivity contribution is 7.80. The first-order chi connectivity index (χ1) is 9.11. The SMILES string of the molecule is CCOC(=O)CN(c1cnc(C(N)=S)cn1)C1CC1. The molecule has 0 aromatic carbocycles. The number of rotatable bonds is 6. The van der Waals surface area contributed by atoms with Crippen LogP contribution in [-0.4, -0.2) is 40.1 Å². The van der Waals surface area contributed by atoms with Gasteiger partial charge in [-0.1, -0.05) is 12.2 Å². The average molecular weight is 280 g/mol. The number of anilines is 1. The van der Waals surface area contributed by atoms with Crippen LogP contribution >= 0.6 is 12.2 Å². The molecule has 1 saturated carbocycles. The van der Waals surface area contributed by atoms with Crippen LogP contribution in [0.5, 0.6) is 0 Å². The third kappa shape index (κ3) is 3.60. The number of aromatic nitrogens is 2. The van der Waals surface area contributed by atoms with Crippen molar-refractivity contribution in [3.05, 3.63) is 18.1 Å². The van der Waals surface area contributed by atoms with Crippen LogP contribution in [0.15, 0.2) is 12.4 Å². The number of nitrogens with two attached hydrogens (primary N) is 1. The predicted molar refractivity (Wildman–Crippen MR) is 74.9 cm³/mol. The van der Waals surface area contributed by atoms with Crippen molar-refractivity contribution < 1.29 is 9.53 Å². The second-order valence-corrected chi connectivity index (χ2v) is 4.73. The minimum atomic E-state index is -0.255. The van der Waals surface area contributed by atoms with Crippen LogP contribution in [-0.2, 0) is 9.53 Å². The lowest BCUT2D eigenvalue weighted by atomic mass is 10.4. The van der Waals surface area contributed by atoms with Gasteiger partial charge in [-0.2, -0.15) is 0 Å². The van der Waals surface area contributed by atoms with Crippen molar-refractivity contribution in [2.75, 3.05) is 18.1 Å². The summed E-state index contributed by atoms with van der Waals surface area (Å²) in [5.74, 6) is 0.394. The lowest BCUT2D eigenvalue weighted by molar-refractivity contribution is -0.141. The van der Waals surface area contributed by atoms with Crippen molar-refractivity contribution in [2.45, 2.75) is 25.8 Å². The van der Waals surface area contributed by atoms with Gasteiger partial charge in [-0.3, -0.25) is 4.79 Å². The molecule has 7 heteroatoms. The molecular formula is C12H16N4O2S. The average Bonchev–Trinajstić information content (AvgIpc) is 3.21. The predicted octanol–water partition coefficient (Wildman–Crippen LogP) is 0.643. The largest absolute Gasteiger partial charge is 0.465 e. The molecule has 1 aliphatic carbocycles. The number of nitrogens with zero attached hydrogens (tertiary/aromatic N) is 3. The lowest BCUT2D eigenvalue weighted by Gasteiger charge is -2.21. The molecule has 0 bridgehead atoms. The van der Waals surface area contributed by atoms with Gasteiger partial charge in [0.1, 0.15) is 23.0 Å². The smallest absolute Gasteiger partial charge is 0.325 e. The van der Waals surface area contributed by atoms with Crippen LogP contribution in [0, 0.1) is 0 Å². The molecule has 0 aliphatic heterocycles. The van der Waals surface area contributed by atoms with Gasteiger partial charge in [-0.05, 0) is 19.8 Å². The molecule has 1 heterocycles. The van der Waals surface area contributed by atoms with Gasteiger partial charge in [0.15, 0.2) is 0 Å². The number of esters is 1. The fourth-order valence-corrected chi connectivity index (χ4v) is 1.83. The van der Waals surface area contributed by atoms with Gasteiger partial charge in [0, 0.05) is 6.04 Å². The highest BCUT2D eigenvalue weighted by Crippen LogP contribution is 2.30. The highest BCUT2D eigenvalue weighted by Gasteiger charge is 2.31. The van der Waals surface area contributed by atoms with E-state index in [0.29, 0.717) is 24.2 Å². The summed E-state index contributed by atoms with van der Waals surface area (Å²) in [5.41, 5.74) is 5.95. The molecule has 2 rings (SSSR count). The summed E-state index contributed by atoms with van der Waals surface area (Å²) in [6.07, 6.45) is 5.22. The molecule has 19 heavy (non-hydrogen) atoms. The van der Waals surface area contributed by atoms with E-state index in [4.69, 9.17) is 22.7 Å². The Balaban J connectivity index is 2.10. The van der Waals surface area contributed by atoms with E-state index >= 15 is 0 Å². The first-order valence-electron chi connectivity index (χ1n) is 6.16. The van der Waals surface area contributed by atoms with Gasteiger partial charge in [0.05, 0.1) is 19.0 Å². The maximum atomic E-state index is 11.6. The maximum absolute atomic E-state index is 11.6. The molecule has 1 aromatic rings. The number of carbonyl (C=O) groups excluding carboxylic acids is 1. The summed E-state index contributed by atoms with van der Waals surface area (Å²) in [7, 11) is 0. The van der Waals surface area contributed by atoms with E-state index in [-0.39, 0.29) is 17.5 Å². The van der Waals surface area contributed by atoms with Gasteiger partial charge in [-0.15, -0.1) is 0 Å². The third-order valence-corrected chi connectivity index (χ3v) is 2.99. The molecule has 0 amide bonds. The summed E-state index contributed by atoms with van der Waals surface area (Å²) in [6.45, 7) is 2.36. The van der Waals surface area contributed by atoms with E-state index in [9.17, 15) is 4.79 Å². The van der Waals surface area contributed by atoms with Crippen LogP contribution in [0.1, 0.15) is 25.5 Å². The Hall–Kier alpha value is -1.76. The summed E-state index contributed by atoms with van der Waals surface area (Å²) in [6, 6.07) is 0.342. The second-order valence-electron chi connectivity index (χ2n) is 4.29. The van der Waals surface area contributed by atoms with Gasteiger partial charge < -0.3 is 15.4 Å². The number of hydrogen-bond acceptors (Lipinski definition) is 6. The number of ether oxygens (including phenoxy) is 1. The molecule has 1 fully saturated rings. The van der Waals surface area contributed by atoms with Gasteiger partial charge >= 0.3 is 5.97 Å². The van der Waals surface area contributed by atoms with Gasteiger partial charge in [-0.25, -0.2) is 9.97 Å². The summed E-state index contributed by atoms with van der Waals surface area (Å²) >= 11 is 4.83. The van der Waals surface area contributed by atoms with Crippen molar-refractivity contribution in [2.24, 2.45) is 5.73 Å². The van der Waals surface area contributed by atoms with Crippen LogP contribution < -0.4 is 10.6 Å². The normalized spacial score (nSPS) is 13.9. The van der Waals surface area contributed by atoms with Crippen molar-refractivity contribution in [1.29, 1.82) is 0 Å². The Labute approximate surface area is 117 Å². The van der Waals surface area contributed by atoms with Crippen LogP contribution in [0.4, 0.5) is 5.82 Å². The van der Waals surface area contributed by atoms with Gasteiger partial charge in [0.2, 0.25) is 0 Å². The number of thiocarbonyl (C=S) groups is 1. The molecule has 0 atom stereocenters. The maximum Gasteiger partial charge on any atom is 0.325 e. The fraction of sp³-hybridized carbons (Fsp3) is 0.500. The van der Waals surface area contributed by atoms with E-state index in [2.05, 4.69) is 9.97 Å². The second kappa shape index (κ2) is 5.92. The Bertz CT molecular complexity index is 473. The number of carbonyl (C=O) groups is 1. The molecule has 0 saturated heterocycles. The van der Waals surface area contributed by atoms with E-state index in [1.807, 2.05) is 4.90 Å². The monoisotopic (exact) mass is 280 g/mol. The number of hydrogen-bond donors (Lipinski definition) is 1. The zero-order valence-corrected chi connectivity index (χ0v) is 11.5. The molecule has 2 N–H and O–H groups in total. The topological polar surface area (TPSA) is 81.3 Å². The van der Waals surface area contributed by atoms with Crippen LogP contribution in [0.2, 0.25) is 0 Å². The zero-order valence-electron chi connectivity index (χ0n) is 10.7. The Morgan fingerprint density at radius 2 is 2.26 bits per heavy atom. The van der Waals surface area contributed by atoms with Crippen molar-refractivity contribution in [3.63, 3.8) is 0 Å². The van der Waals surface area contributed by atoms with Crippen LogP contribution in [0.3, 0.4) is 0 Å². The van der Waals surface area contributed by atoms with E-state index in [0.717, 1.165) is 12.8 Å². The Morgan fingerprint density at radius 1 is 1.53 bits per heavy atom. The van der Waals surface area contributed by atoms with E-state index in [1.54, 1.807) is 13.1 Å². The Kier molecular flexibility index (Phi) is 4.26. The summed E-state index contributed by atoms with van der Waals surface area (Å²) < 4.78 is 4.96. The molecule has 0 spiro atoms. The fourth-order valence-electron chi connectivity index (χ4n) is 1.73. The highest BCUT2D eigenvalue weighted by atomic mass is 32.1. The van der Waals surface area contributed by atoms with Crippen molar-refractivity contribution >= 4 is 29.0 Å². The first kappa shape index (κ1) is 13.7. The molecule has 1 aliphatic rings. The molecule has 6 nitrogen and oxygen atoms in total. The molecule has 0 unspecified atom stereocenters. The van der Waals surface area contributed by atoms with Crippen LogP contribution in [0.25, 0.3) is 0 Å². The zero-order chi connectivity index (χ0) is 13.8. The van der Waals surface area contributed by atoms with E-state index in [1.165, 1.54) is 6.20 Å². The standard InChI is InChI=1S/C12H16N4O2S/c1-2-18-11(17)7-16(8-3-4-8)10-6-14-9(5-15-10)12(13)19/h5-6,8H,2-4,7H2,1H3,(H2,13,19). The first-order valence-corrected chi connectivity index (χ1v) is 6.56. The third-order valence-electron chi connectivity index (χ3n) is 2.78. The Morgan fingerprint density at radius 3 is 2.74 bits per heavy atom. The van der Waals surface area contributed by atoms with Gasteiger partial charge in [0.25, 0.3) is 0 Å². The summed E-state index contributed by atoms with van der Waals surface area (Å²) in [4.78, 5) is 22.1. The minimum absolute atomic E-state index is 0.194. The molecular weight excluding hydrogens is 264 g/mol. The van der Waals surface area contributed by atoms with Crippen molar-refractivity contribution in [3.8, 4) is 0 Å². The lowest BCUT2D eigenvalue weighted by Crippen LogP contribution is -2.33. The minimum Gasteiger partial charge on any atom is -0.465 e. The molecule has 1 aromatic heterocycles. The quantitative estimate of drug-likeness (QED) is 0.605. The van der Waals surface area contributed by atoms with Crippen molar-refractivity contribution in [1.82, 2.24) is 9.97 Å². The summed E-state index contributed by atoms with van der Waals surface area (Å²) in [5, 5.41) is 0. The molecule has 0 radical (unpaired) electrons. The van der Waals surface area contributed by atoms with E-state index < -0.39 is 0 Å². The molecule has 102 valence electrons.